The number of nitrogens with one attached hydrogen (secondary N) is 3. The third kappa shape index (κ3) is 16.8. The van der Waals surface area contributed by atoms with Crippen molar-refractivity contribution in [1.29, 1.82) is 0 Å². The smallest absolute Gasteiger partial charge is 0.410 e. The Morgan fingerprint density at radius 2 is 1.50 bits per heavy atom. The summed E-state index contributed by atoms with van der Waals surface area (Å²) in [7, 11) is 6.00. The lowest BCUT2D eigenvalue weighted by molar-refractivity contribution is -0.174. The Balaban J connectivity index is 1.47. The van der Waals surface area contributed by atoms with Crippen molar-refractivity contribution in [2.24, 2.45) is 35.3 Å². The number of likely N-dealkylation sites (tertiary alicyclic amines) is 1. The molecule has 1 unspecified atom stereocenters. The summed E-state index contributed by atoms with van der Waals surface area (Å²) in [6.45, 7) is 14.5. The molecule has 23 heteroatoms. The van der Waals surface area contributed by atoms with Crippen LogP contribution >= 0.6 is 0 Å². The molecule has 1 aliphatic carbocycles. The minimum absolute atomic E-state index is 0.00570. The van der Waals surface area contributed by atoms with Crippen molar-refractivity contribution in [2.45, 2.75) is 173 Å². The molecule has 10 N–H and O–H groups in total. The van der Waals surface area contributed by atoms with Crippen molar-refractivity contribution < 1.29 is 78.0 Å². The molecule has 2 aromatic carbocycles. The maximum Gasteiger partial charge on any atom is 0.410 e. The summed E-state index contributed by atoms with van der Waals surface area (Å²) < 4.78 is 23.6. The zero-order valence-electron chi connectivity index (χ0n) is 48.4. The van der Waals surface area contributed by atoms with Crippen molar-refractivity contribution in [3.05, 3.63) is 59.7 Å². The molecule has 1 aliphatic heterocycles. The van der Waals surface area contributed by atoms with E-state index in [0.29, 0.717) is 36.9 Å². The van der Waals surface area contributed by atoms with Gasteiger partial charge in [-0.25, -0.2) is 4.79 Å². The van der Waals surface area contributed by atoms with Crippen LogP contribution in [0.5, 0.6) is 5.75 Å². The highest BCUT2D eigenvalue weighted by molar-refractivity contribution is 5.93. The number of aliphatic carboxylic acids is 1. The summed E-state index contributed by atoms with van der Waals surface area (Å²) in [5.41, 5.74) is 6.65. The average molecular weight is 1130 g/mol. The third-order valence-electron chi connectivity index (χ3n) is 15.7. The third-order valence-corrected chi connectivity index (χ3v) is 15.7. The molecule has 2 aromatic rings. The second-order valence-corrected chi connectivity index (χ2v) is 22.1. The van der Waals surface area contributed by atoms with Crippen LogP contribution in [0.15, 0.2) is 48.5 Å². The molecule has 80 heavy (non-hydrogen) atoms. The number of carbonyl (C=O) groups is 7. The number of amides is 6. The predicted octanol–water partition coefficient (Wildman–Crippen LogP) is 2.80. The minimum Gasteiger partial charge on any atom is -0.485 e. The number of carboxylic acids is 1. The maximum absolute atomic E-state index is 14.8. The number of nitrogens with two attached hydrogens (primary N) is 1. The van der Waals surface area contributed by atoms with Crippen LogP contribution in [-0.2, 0) is 49.6 Å². The van der Waals surface area contributed by atoms with E-state index in [-0.39, 0.29) is 61.6 Å². The van der Waals surface area contributed by atoms with Crippen molar-refractivity contribution in [1.82, 2.24) is 25.3 Å². The number of carbonyl (C=O) groups excluding carboxylic acids is 6. The summed E-state index contributed by atoms with van der Waals surface area (Å²) in [5, 5.41) is 60.3. The fraction of sp³-hybridized carbons (Fsp3) is 0.667. The van der Waals surface area contributed by atoms with Gasteiger partial charge in [0.15, 0.2) is 0 Å². The average Bonchev–Trinajstić information content (AvgIpc) is 3.91. The highest BCUT2D eigenvalue weighted by Gasteiger charge is 2.48. The van der Waals surface area contributed by atoms with Gasteiger partial charge < -0.3 is 76.0 Å². The molecule has 1 saturated carbocycles. The Morgan fingerprint density at radius 3 is 2.08 bits per heavy atom. The van der Waals surface area contributed by atoms with Gasteiger partial charge in [-0.15, -0.1) is 0 Å². The van der Waals surface area contributed by atoms with Gasteiger partial charge in [-0.3, -0.25) is 33.7 Å². The second-order valence-electron chi connectivity index (χ2n) is 22.1. The fourth-order valence-electron chi connectivity index (χ4n) is 10.9. The van der Waals surface area contributed by atoms with Crippen molar-refractivity contribution in [2.75, 3.05) is 46.7 Å². The van der Waals surface area contributed by atoms with Crippen LogP contribution in [0.3, 0.4) is 0 Å². The molecular weight excluding hydrogens is 1040 g/mol. The van der Waals surface area contributed by atoms with E-state index in [0.717, 1.165) is 4.90 Å². The van der Waals surface area contributed by atoms with E-state index in [1.807, 2.05) is 32.0 Å². The lowest BCUT2D eigenvalue weighted by atomic mass is 9.80. The molecular formula is C57H89N7O16. The van der Waals surface area contributed by atoms with E-state index in [1.54, 1.807) is 65.6 Å². The molecule has 0 spiro atoms. The quantitative estimate of drug-likeness (QED) is 0.0592. The zero-order chi connectivity index (χ0) is 59.9. The molecule has 2 fully saturated rings. The van der Waals surface area contributed by atoms with Crippen LogP contribution < -0.4 is 26.4 Å². The first-order valence-corrected chi connectivity index (χ1v) is 27.7. The number of hydrogen-bond donors (Lipinski definition) is 9. The number of ether oxygens (including phenoxy) is 4. The first-order chi connectivity index (χ1) is 37.7. The number of aliphatic hydroxyl groups excluding tert-OH is 4. The number of anilines is 1. The van der Waals surface area contributed by atoms with Crippen molar-refractivity contribution >= 4 is 47.3 Å². The predicted molar refractivity (Wildman–Crippen MR) is 295 cm³/mol. The first kappa shape index (κ1) is 66.6. The number of likely N-dealkylation sites (N-methyl/N-ethyl adjacent to an activating group) is 2. The minimum atomic E-state index is -1.83. The van der Waals surface area contributed by atoms with Crippen LogP contribution in [-0.4, -0.2) is 190 Å². The van der Waals surface area contributed by atoms with Crippen LogP contribution in [0.1, 0.15) is 111 Å². The monoisotopic (exact) mass is 1130 g/mol. The molecule has 448 valence electrons. The summed E-state index contributed by atoms with van der Waals surface area (Å²) in [4.78, 5) is 99.9. The van der Waals surface area contributed by atoms with Crippen LogP contribution in [0, 0.1) is 29.6 Å². The van der Waals surface area contributed by atoms with Gasteiger partial charge in [-0.2, -0.15) is 0 Å². The molecule has 1 heterocycles. The van der Waals surface area contributed by atoms with Gasteiger partial charge in [0, 0.05) is 54.2 Å². The topological polar surface area (TPSA) is 329 Å². The molecule has 15 atom stereocenters. The molecule has 4 rings (SSSR count). The Morgan fingerprint density at radius 1 is 0.838 bits per heavy atom. The molecule has 2 aliphatic rings. The van der Waals surface area contributed by atoms with Crippen LogP contribution in [0.4, 0.5) is 10.5 Å². The van der Waals surface area contributed by atoms with Crippen molar-refractivity contribution in [3.8, 4) is 5.75 Å². The molecule has 0 bridgehead atoms. The lowest BCUT2D eigenvalue weighted by Gasteiger charge is -2.41. The molecule has 23 nitrogen and oxygen atoms in total. The van der Waals surface area contributed by atoms with E-state index in [9.17, 15) is 59.1 Å². The highest BCUT2D eigenvalue weighted by Crippen LogP contribution is 2.35. The van der Waals surface area contributed by atoms with Crippen LogP contribution in [0.2, 0.25) is 0 Å². The number of carboxylic acid groups (broad SMARTS) is 1. The van der Waals surface area contributed by atoms with Crippen molar-refractivity contribution in [3.63, 3.8) is 0 Å². The largest absolute Gasteiger partial charge is 0.485 e. The summed E-state index contributed by atoms with van der Waals surface area (Å²) in [6.07, 6.45) is -8.55. The van der Waals surface area contributed by atoms with Gasteiger partial charge in [-0.1, -0.05) is 91.3 Å². The Hall–Kier alpha value is -5.95. The Bertz CT molecular complexity index is 2380. The zero-order valence-corrected chi connectivity index (χ0v) is 48.4. The van der Waals surface area contributed by atoms with Gasteiger partial charge in [0.25, 0.3) is 0 Å². The van der Waals surface area contributed by atoms with Gasteiger partial charge in [-0.05, 0) is 60.8 Å². The summed E-state index contributed by atoms with van der Waals surface area (Å²) >= 11 is 0. The summed E-state index contributed by atoms with van der Waals surface area (Å²) in [6, 6.07) is 9.44. The second kappa shape index (κ2) is 30.8. The molecule has 1 saturated heterocycles. The van der Waals surface area contributed by atoms with E-state index < -0.39 is 126 Å². The van der Waals surface area contributed by atoms with Gasteiger partial charge >= 0.3 is 12.1 Å². The number of aliphatic hydroxyl groups is 4. The van der Waals surface area contributed by atoms with Gasteiger partial charge in [0.2, 0.25) is 29.5 Å². The summed E-state index contributed by atoms with van der Waals surface area (Å²) in [5.74, 6) is -6.84. The van der Waals surface area contributed by atoms with E-state index >= 15 is 0 Å². The molecule has 0 aromatic heterocycles. The van der Waals surface area contributed by atoms with Crippen LogP contribution in [0.25, 0.3) is 0 Å². The number of hydrogen-bond acceptors (Lipinski definition) is 16. The molecule has 0 radical (unpaired) electrons. The van der Waals surface area contributed by atoms with E-state index in [2.05, 4.69) is 16.0 Å². The standard InChI is InChI=1S/C57H89N7O16/c1-13-32(6)47(41(77-11)28-44(66)64-25-17-20-39(64)52(78-12)33(7)53(71)59-34(8)48(67)36-18-15-14-16-19-36)62(9)55(73)45(30(2)3)61-54(72)46(31(4)5)63(10)57(76)79-29-35-21-22-40(38(26-35)60-43(65)23-24-58)80-42-27-37(56(74)75)49(68)51(70)50(42)69/h14-16,18-19,21-22,26,30-34,37,39,41-42,45-52,67-70H,13,17,20,23-25,27-29,58H2,1-12H3,(H,59,71)(H,60,65)(H,61,72)(H,74,75)/t32-,33+,34+,37-,39-,41+,42+,45?,46-,47-,48+,49+,50-,51-,52+/m0/s1. The number of nitrogens with zero attached hydrogens (tertiary/aromatic N) is 3. The highest BCUT2D eigenvalue weighted by atomic mass is 16.6. The van der Waals surface area contributed by atoms with E-state index in [4.69, 9.17) is 24.7 Å². The van der Waals surface area contributed by atoms with Gasteiger partial charge in [0.1, 0.15) is 42.8 Å². The number of rotatable bonds is 28. The molecule has 6 amide bonds. The number of benzene rings is 2. The lowest BCUT2D eigenvalue weighted by Crippen LogP contribution is -2.60. The van der Waals surface area contributed by atoms with E-state index in [1.165, 1.54) is 44.4 Å². The maximum atomic E-state index is 14.8. The van der Waals surface area contributed by atoms with Gasteiger partial charge in [0.05, 0.1) is 66.5 Å². The normalized spacial score (nSPS) is 22.6. The SMILES string of the molecule is CC[C@H](C)[C@@H]([C@@H](CC(=O)N1CCC[C@H]1[C@H](OC)[C@@H](C)C(=O)N[C@H](C)[C@@H](O)c1ccccc1)OC)N(C)C(=O)C(NC(=O)[C@H](C(C)C)N(C)C(=O)OCc1ccc(O[C@@H]2C[C@H](C(=O)O)[C@@H](O)[C@H](O)[C@H]2O)c(NC(=O)CCN)c1)C(C)C. The number of methoxy groups -OCH3 is 2. The first-order valence-electron chi connectivity index (χ1n) is 27.7. The Labute approximate surface area is 470 Å². The fourth-order valence-corrected chi connectivity index (χ4v) is 10.9. The Kier molecular flexibility index (Phi) is 25.6.